The Morgan fingerprint density at radius 3 is 2.85 bits per heavy atom. The fourth-order valence-electron chi connectivity index (χ4n) is 1.59. The normalized spacial score (nSPS) is 10.2. The number of hydrogen-bond acceptors (Lipinski definition) is 5. The minimum absolute atomic E-state index is 0.206. The van der Waals surface area contributed by atoms with Crippen molar-refractivity contribution in [3.8, 4) is 5.88 Å². The summed E-state index contributed by atoms with van der Waals surface area (Å²) in [5.74, 6) is 0.509. The Morgan fingerprint density at radius 1 is 1.50 bits per heavy atom. The molecule has 0 saturated carbocycles. The first-order chi connectivity index (χ1) is 9.58. The van der Waals surface area contributed by atoms with E-state index in [4.69, 9.17) is 4.74 Å². The van der Waals surface area contributed by atoms with Crippen LogP contribution in [0.2, 0.25) is 0 Å². The SMILES string of the molecule is COc1ccc(NC(=O)N(C)Cc2csc(C)n2)cn1. The molecule has 0 spiro atoms. The zero-order valence-electron chi connectivity index (χ0n) is 11.6. The number of aromatic nitrogens is 2. The summed E-state index contributed by atoms with van der Waals surface area (Å²) in [7, 11) is 3.27. The minimum atomic E-state index is -0.206. The second kappa shape index (κ2) is 6.33. The van der Waals surface area contributed by atoms with Gasteiger partial charge in [0, 0.05) is 18.5 Å². The Hall–Kier alpha value is -2.15. The van der Waals surface area contributed by atoms with Crippen molar-refractivity contribution in [2.45, 2.75) is 13.5 Å². The highest BCUT2D eigenvalue weighted by Crippen LogP contribution is 2.13. The zero-order valence-corrected chi connectivity index (χ0v) is 12.4. The summed E-state index contributed by atoms with van der Waals surface area (Å²) in [5, 5.41) is 5.71. The van der Waals surface area contributed by atoms with Gasteiger partial charge in [-0.1, -0.05) is 0 Å². The lowest BCUT2D eigenvalue weighted by molar-refractivity contribution is 0.220. The number of ether oxygens (including phenoxy) is 1. The number of nitrogens with one attached hydrogen (secondary N) is 1. The highest BCUT2D eigenvalue weighted by atomic mass is 32.1. The molecule has 2 aromatic rings. The Bertz CT molecular complexity index is 582. The van der Waals surface area contributed by atoms with Crippen LogP contribution in [0.3, 0.4) is 0 Å². The minimum Gasteiger partial charge on any atom is -0.481 e. The molecule has 2 aromatic heterocycles. The number of amides is 2. The summed E-state index contributed by atoms with van der Waals surface area (Å²) < 4.78 is 4.96. The molecule has 106 valence electrons. The van der Waals surface area contributed by atoms with Gasteiger partial charge in [-0.3, -0.25) is 0 Å². The number of rotatable bonds is 4. The van der Waals surface area contributed by atoms with E-state index < -0.39 is 0 Å². The molecule has 7 heteroatoms. The average Bonchev–Trinajstić information content (AvgIpc) is 2.85. The third-order valence-electron chi connectivity index (χ3n) is 2.61. The Morgan fingerprint density at radius 2 is 2.30 bits per heavy atom. The van der Waals surface area contributed by atoms with E-state index in [9.17, 15) is 4.79 Å². The second-order valence-electron chi connectivity index (χ2n) is 4.23. The zero-order chi connectivity index (χ0) is 14.5. The Labute approximate surface area is 121 Å². The maximum Gasteiger partial charge on any atom is 0.321 e. The smallest absolute Gasteiger partial charge is 0.321 e. The predicted octanol–water partition coefficient (Wildman–Crippen LogP) is 2.52. The van der Waals surface area contributed by atoms with Crippen molar-refractivity contribution in [3.63, 3.8) is 0 Å². The third-order valence-corrected chi connectivity index (χ3v) is 3.43. The maximum absolute atomic E-state index is 12.0. The molecule has 0 unspecified atom stereocenters. The standard InChI is InChI=1S/C13H16N4O2S/c1-9-15-11(8-20-9)7-17(2)13(18)16-10-4-5-12(19-3)14-6-10/h4-6,8H,7H2,1-3H3,(H,16,18). The van der Waals surface area contributed by atoms with Crippen LogP contribution in [0.5, 0.6) is 5.88 Å². The molecule has 0 aliphatic heterocycles. The predicted molar refractivity (Wildman–Crippen MR) is 78.1 cm³/mol. The molecule has 20 heavy (non-hydrogen) atoms. The number of urea groups is 1. The van der Waals surface area contributed by atoms with Crippen LogP contribution in [0, 0.1) is 6.92 Å². The number of anilines is 1. The average molecular weight is 292 g/mol. The number of methoxy groups -OCH3 is 1. The third kappa shape index (κ3) is 3.67. The molecule has 0 saturated heterocycles. The summed E-state index contributed by atoms with van der Waals surface area (Å²) in [6.07, 6.45) is 1.55. The molecule has 0 fully saturated rings. The Balaban J connectivity index is 1.93. The first-order valence-corrected chi connectivity index (χ1v) is 6.89. The quantitative estimate of drug-likeness (QED) is 0.940. The summed E-state index contributed by atoms with van der Waals surface area (Å²) in [6, 6.07) is 3.23. The van der Waals surface area contributed by atoms with Gasteiger partial charge >= 0.3 is 6.03 Å². The van der Waals surface area contributed by atoms with Crippen LogP contribution < -0.4 is 10.1 Å². The number of hydrogen-bond donors (Lipinski definition) is 1. The van der Waals surface area contributed by atoms with Gasteiger partial charge in [-0.25, -0.2) is 14.8 Å². The maximum atomic E-state index is 12.0. The van der Waals surface area contributed by atoms with Crippen molar-refractivity contribution < 1.29 is 9.53 Å². The van der Waals surface area contributed by atoms with Crippen LogP contribution in [0.1, 0.15) is 10.7 Å². The van der Waals surface area contributed by atoms with Crippen LogP contribution in [-0.2, 0) is 6.54 Å². The van der Waals surface area contributed by atoms with Gasteiger partial charge in [0.1, 0.15) is 0 Å². The molecular formula is C13H16N4O2S. The number of thiazole rings is 1. The van der Waals surface area contributed by atoms with E-state index in [1.54, 1.807) is 48.7 Å². The van der Waals surface area contributed by atoms with Crippen LogP contribution in [-0.4, -0.2) is 35.1 Å². The van der Waals surface area contributed by atoms with Crippen LogP contribution in [0.15, 0.2) is 23.7 Å². The van der Waals surface area contributed by atoms with E-state index in [1.165, 1.54) is 0 Å². The highest BCUT2D eigenvalue weighted by molar-refractivity contribution is 7.09. The van der Waals surface area contributed by atoms with E-state index in [1.807, 2.05) is 12.3 Å². The van der Waals surface area contributed by atoms with Gasteiger partial charge in [-0.15, -0.1) is 11.3 Å². The largest absolute Gasteiger partial charge is 0.481 e. The molecule has 1 N–H and O–H groups in total. The molecule has 0 aliphatic rings. The molecule has 6 nitrogen and oxygen atoms in total. The van der Waals surface area contributed by atoms with Crippen LogP contribution in [0.25, 0.3) is 0 Å². The summed E-state index contributed by atoms with van der Waals surface area (Å²) >= 11 is 1.57. The van der Waals surface area contributed by atoms with Gasteiger partial charge in [0.05, 0.1) is 36.2 Å². The molecule has 0 aromatic carbocycles. The van der Waals surface area contributed by atoms with Gasteiger partial charge in [0.2, 0.25) is 5.88 Å². The first-order valence-electron chi connectivity index (χ1n) is 6.01. The van der Waals surface area contributed by atoms with E-state index in [-0.39, 0.29) is 6.03 Å². The molecule has 2 rings (SSSR count). The lowest BCUT2D eigenvalue weighted by Crippen LogP contribution is -2.31. The number of pyridine rings is 1. The van der Waals surface area contributed by atoms with Crippen molar-refractivity contribution in [1.29, 1.82) is 0 Å². The van der Waals surface area contributed by atoms with Crippen molar-refractivity contribution in [2.75, 3.05) is 19.5 Å². The molecule has 0 radical (unpaired) electrons. The van der Waals surface area contributed by atoms with Crippen molar-refractivity contribution in [3.05, 3.63) is 34.4 Å². The van der Waals surface area contributed by atoms with E-state index >= 15 is 0 Å². The highest BCUT2D eigenvalue weighted by Gasteiger charge is 2.11. The fraction of sp³-hybridized carbons (Fsp3) is 0.308. The van der Waals surface area contributed by atoms with E-state index in [0.29, 0.717) is 18.1 Å². The van der Waals surface area contributed by atoms with Gasteiger partial charge in [-0.05, 0) is 13.0 Å². The van der Waals surface area contributed by atoms with Crippen molar-refractivity contribution >= 4 is 23.1 Å². The summed E-state index contributed by atoms with van der Waals surface area (Å²) in [5.41, 5.74) is 1.51. The lowest BCUT2D eigenvalue weighted by Gasteiger charge is -2.16. The monoisotopic (exact) mass is 292 g/mol. The fourth-order valence-corrected chi connectivity index (χ4v) is 2.19. The number of carbonyl (C=O) groups excluding carboxylic acids is 1. The van der Waals surface area contributed by atoms with Crippen LogP contribution in [0.4, 0.5) is 10.5 Å². The van der Waals surface area contributed by atoms with Crippen molar-refractivity contribution in [1.82, 2.24) is 14.9 Å². The number of nitrogens with zero attached hydrogens (tertiary/aromatic N) is 3. The molecule has 2 heterocycles. The molecule has 2 amide bonds. The molecule has 0 atom stereocenters. The Kier molecular flexibility index (Phi) is 4.52. The number of aryl methyl sites for hydroxylation is 1. The lowest BCUT2D eigenvalue weighted by atomic mass is 10.4. The van der Waals surface area contributed by atoms with Gasteiger partial charge < -0.3 is 15.0 Å². The van der Waals surface area contributed by atoms with Gasteiger partial charge in [-0.2, -0.15) is 0 Å². The summed E-state index contributed by atoms with van der Waals surface area (Å²) in [4.78, 5) is 21.9. The molecular weight excluding hydrogens is 276 g/mol. The van der Waals surface area contributed by atoms with Gasteiger partial charge in [0.25, 0.3) is 0 Å². The van der Waals surface area contributed by atoms with E-state index in [0.717, 1.165) is 10.7 Å². The molecule has 0 aliphatic carbocycles. The second-order valence-corrected chi connectivity index (χ2v) is 5.30. The summed E-state index contributed by atoms with van der Waals surface area (Å²) in [6.45, 7) is 2.41. The number of carbonyl (C=O) groups is 1. The van der Waals surface area contributed by atoms with Gasteiger partial charge in [0.15, 0.2) is 0 Å². The first kappa shape index (κ1) is 14.3. The van der Waals surface area contributed by atoms with Crippen molar-refractivity contribution in [2.24, 2.45) is 0 Å². The van der Waals surface area contributed by atoms with E-state index in [2.05, 4.69) is 15.3 Å². The van der Waals surface area contributed by atoms with Crippen LogP contribution >= 0.6 is 11.3 Å². The topological polar surface area (TPSA) is 67.3 Å². The molecule has 0 bridgehead atoms.